The fraction of sp³-hybridized carbons (Fsp3) is 0.545. The van der Waals surface area contributed by atoms with Gasteiger partial charge in [0.15, 0.2) is 5.96 Å². The van der Waals surface area contributed by atoms with E-state index in [-0.39, 0.29) is 24.0 Å². The lowest BCUT2D eigenvalue weighted by Gasteiger charge is -2.35. The zero-order valence-electron chi connectivity index (χ0n) is 18.3. The van der Waals surface area contributed by atoms with E-state index in [0.29, 0.717) is 12.2 Å². The molecule has 1 aliphatic rings. The maximum atomic E-state index is 5.80. The standard InChI is InChI=1S/C22H34N6O.HI/c1-18-15-27(16-19(2)29-18)12-6-10-24-22(23-3)25-14-20-8-4-5-9-21(20)17-28-13-7-11-26-28;/h4-5,7-9,11,13,18-19H,6,10,12,14-17H2,1-3H3,(H2,23,24,25);1H. The number of hydrogen-bond acceptors (Lipinski definition) is 4. The molecular weight excluding hydrogens is 491 g/mol. The molecule has 2 aromatic rings. The molecule has 1 aliphatic heterocycles. The minimum Gasteiger partial charge on any atom is -0.373 e. The third-order valence-electron chi connectivity index (χ3n) is 5.12. The summed E-state index contributed by atoms with van der Waals surface area (Å²) >= 11 is 0. The minimum absolute atomic E-state index is 0. The summed E-state index contributed by atoms with van der Waals surface area (Å²) in [7, 11) is 1.82. The Labute approximate surface area is 197 Å². The van der Waals surface area contributed by atoms with Crippen molar-refractivity contribution in [1.82, 2.24) is 25.3 Å². The van der Waals surface area contributed by atoms with E-state index < -0.39 is 0 Å². The summed E-state index contributed by atoms with van der Waals surface area (Å²) in [5, 5.41) is 11.2. The Morgan fingerprint density at radius 3 is 2.53 bits per heavy atom. The van der Waals surface area contributed by atoms with Crippen molar-refractivity contribution < 1.29 is 4.74 Å². The molecule has 8 heteroatoms. The van der Waals surface area contributed by atoms with Crippen LogP contribution in [-0.4, -0.2) is 66.1 Å². The van der Waals surface area contributed by atoms with E-state index in [1.54, 1.807) is 0 Å². The van der Waals surface area contributed by atoms with E-state index >= 15 is 0 Å². The fourth-order valence-electron chi connectivity index (χ4n) is 3.83. The van der Waals surface area contributed by atoms with Gasteiger partial charge < -0.3 is 15.4 Å². The third kappa shape index (κ3) is 7.88. The molecule has 1 aromatic carbocycles. The van der Waals surface area contributed by atoms with Crippen molar-refractivity contribution in [2.45, 2.75) is 45.6 Å². The van der Waals surface area contributed by atoms with Crippen LogP contribution in [-0.2, 0) is 17.8 Å². The molecule has 0 spiro atoms. The van der Waals surface area contributed by atoms with Gasteiger partial charge in [0, 0.05) is 52.2 Å². The number of aliphatic imine (C=N–C) groups is 1. The number of hydrogen-bond donors (Lipinski definition) is 2. The summed E-state index contributed by atoms with van der Waals surface area (Å²) in [4.78, 5) is 6.85. The van der Waals surface area contributed by atoms with E-state index in [1.165, 1.54) is 11.1 Å². The van der Waals surface area contributed by atoms with Gasteiger partial charge in [0.1, 0.15) is 0 Å². The van der Waals surface area contributed by atoms with Crippen LogP contribution in [0.25, 0.3) is 0 Å². The summed E-state index contributed by atoms with van der Waals surface area (Å²) in [5.41, 5.74) is 2.51. The molecule has 0 amide bonds. The van der Waals surface area contributed by atoms with Crippen LogP contribution in [0.1, 0.15) is 31.4 Å². The third-order valence-corrected chi connectivity index (χ3v) is 5.12. The molecule has 7 nitrogen and oxygen atoms in total. The Morgan fingerprint density at radius 1 is 1.13 bits per heavy atom. The quantitative estimate of drug-likeness (QED) is 0.240. The van der Waals surface area contributed by atoms with Gasteiger partial charge in [-0.2, -0.15) is 5.10 Å². The van der Waals surface area contributed by atoms with Crippen molar-refractivity contribution in [1.29, 1.82) is 0 Å². The van der Waals surface area contributed by atoms with E-state index in [9.17, 15) is 0 Å². The minimum atomic E-state index is 0. The molecule has 1 fully saturated rings. The monoisotopic (exact) mass is 526 g/mol. The second-order valence-corrected chi connectivity index (χ2v) is 7.70. The number of morpholine rings is 1. The highest BCUT2D eigenvalue weighted by molar-refractivity contribution is 14.0. The Morgan fingerprint density at radius 2 is 1.87 bits per heavy atom. The van der Waals surface area contributed by atoms with Crippen molar-refractivity contribution >= 4 is 29.9 Å². The van der Waals surface area contributed by atoms with Crippen LogP contribution in [0.4, 0.5) is 0 Å². The number of guanidine groups is 1. The summed E-state index contributed by atoms with van der Waals surface area (Å²) < 4.78 is 7.75. The van der Waals surface area contributed by atoms with Gasteiger partial charge in [-0.15, -0.1) is 24.0 Å². The average Bonchev–Trinajstić information content (AvgIpc) is 3.21. The molecule has 1 aromatic heterocycles. The first kappa shape index (κ1) is 24.6. The fourth-order valence-corrected chi connectivity index (χ4v) is 3.83. The van der Waals surface area contributed by atoms with Crippen molar-refractivity contribution in [3.8, 4) is 0 Å². The molecule has 0 radical (unpaired) electrons. The maximum Gasteiger partial charge on any atom is 0.191 e. The molecule has 0 saturated carbocycles. The van der Waals surface area contributed by atoms with E-state index in [2.05, 4.69) is 63.7 Å². The Bertz CT molecular complexity index is 757. The molecule has 2 unspecified atom stereocenters. The molecule has 1 saturated heterocycles. The van der Waals surface area contributed by atoms with Crippen LogP contribution >= 0.6 is 24.0 Å². The van der Waals surface area contributed by atoms with Crippen LogP contribution in [0, 0.1) is 0 Å². The molecule has 2 atom stereocenters. The summed E-state index contributed by atoms with van der Waals surface area (Å²) in [6.07, 6.45) is 5.52. The van der Waals surface area contributed by atoms with Gasteiger partial charge in [-0.3, -0.25) is 14.6 Å². The zero-order chi connectivity index (χ0) is 20.5. The number of aromatic nitrogens is 2. The average molecular weight is 526 g/mol. The number of ether oxygens (including phenoxy) is 1. The van der Waals surface area contributed by atoms with Crippen LogP contribution in [0.3, 0.4) is 0 Å². The maximum absolute atomic E-state index is 5.80. The summed E-state index contributed by atoms with van der Waals surface area (Å²) in [6.45, 7) is 9.81. The highest BCUT2D eigenvalue weighted by atomic mass is 127. The van der Waals surface area contributed by atoms with Crippen LogP contribution in [0.15, 0.2) is 47.7 Å². The van der Waals surface area contributed by atoms with Crippen LogP contribution in [0.5, 0.6) is 0 Å². The highest BCUT2D eigenvalue weighted by Crippen LogP contribution is 2.11. The number of benzene rings is 1. The first-order valence-electron chi connectivity index (χ1n) is 10.5. The lowest BCUT2D eigenvalue weighted by Crippen LogP contribution is -2.46. The van der Waals surface area contributed by atoms with Gasteiger partial charge in [-0.25, -0.2) is 0 Å². The van der Waals surface area contributed by atoms with Gasteiger partial charge in [-0.1, -0.05) is 24.3 Å². The van der Waals surface area contributed by atoms with Gasteiger partial charge in [0.2, 0.25) is 0 Å². The van der Waals surface area contributed by atoms with Crippen molar-refractivity contribution in [2.24, 2.45) is 4.99 Å². The largest absolute Gasteiger partial charge is 0.373 e. The predicted octanol–water partition coefficient (Wildman–Crippen LogP) is 2.71. The SMILES string of the molecule is CN=C(NCCCN1CC(C)OC(C)C1)NCc1ccccc1Cn1cccn1.I. The molecule has 30 heavy (non-hydrogen) atoms. The normalized spacial score (nSPS) is 19.9. The van der Waals surface area contributed by atoms with Gasteiger partial charge in [0.05, 0.1) is 18.8 Å². The molecule has 0 bridgehead atoms. The van der Waals surface area contributed by atoms with Crippen molar-refractivity contribution in [3.63, 3.8) is 0 Å². The number of nitrogens with zero attached hydrogens (tertiary/aromatic N) is 4. The van der Waals surface area contributed by atoms with Gasteiger partial charge in [-0.05, 0) is 37.5 Å². The lowest BCUT2D eigenvalue weighted by molar-refractivity contribution is -0.0679. The van der Waals surface area contributed by atoms with E-state index in [0.717, 1.165) is 51.6 Å². The number of nitrogens with one attached hydrogen (secondary N) is 2. The smallest absolute Gasteiger partial charge is 0.191 e. The first-order chi connectivity index (χ1) is 14.1. The Kier molecular flexibility index (Phi) is 10.6. The molecule has 2 N–H and O–H groups in total. The molecule has 166 valence electrons. The molecule has 0 aliphatic carbocycles. The lowest BCUT2D eigenvalue weighted by atomic mass is 10.1. The first-order valence-corrected chi connectivity index (χ1v) is 10.5. The van der Waals surface area contributed by atoms with E-state index in [1.807, 2.05) is 30.2 Å². The zero-order valence-corrected chi connectivity index (χ0v) is 20.6. The van der Waals surface area contributed by atoms with Gasteiger partial charge >= 0.3 is 0 Å². The van der Waals surface area contributed by atoms with Crippen LogP contribution in [0.2, 0.25) is 0 Å². The van der Waals surface area contributed by atoms with Crippen molar-refractivity contribution in [2.75, 3.05) is 33.2 Å². The number of rotatable bonds is 8. The molecular formula is C22H35IN6O. The number of halogens is 1. The second-order valence-electron chi connectivity index (χ2n) is 7.70. The summed E-state index contributed by atoms with van der Waals surface area (Å²) in [5.74, 6) is 0.836. The topological polar surface area (TPSA) is 66.7 Å². The van der Waals surface area contributed by atoms with E-state index in [4.69, 9.17) is 4.74 Å². The Balaban J connectivity index is 0.00000320. The van der Waals surface area contributed by atoms with Crippen molar-refractivity contribution in [3.05, 3.63) is 53.9 Å². The highest BCUT2D eigenvalue weighted by Gasteiger charge is 2.21. The Hall–Kier alpha value is -1.65. The second kappa shape index (κ2) is 12.9. The predicted molar refractivity (Wildman–Crippen MR) is 132 cm³/mol. The van der Waals surface area contributed by atoms with Gasteiger partial charge in [0.25, 0.3) is 0 Å². The molecule has 3 rings (SSSR count). The summed E-state index contributed by atoms with van der Waals surface area (Å²) in [6, 6.07) is 10.4. The molecule has 2 heterocycles. The van der Waals surface area contributed by atoms with Crippen LogP contribution < -0.4 is 10.6 Å².